The van der Waals surface area contributed by atoms with E-state index in [1.165, 1.54) is 0 Å². The molecule has 0 saturated heterocycles. The molecule has 0 spiro atoms. The van der Waals surface area contributed by atoms with Gasteiger partial charge in [-0.1, -0.05) is 0 Å². The molecule has 0 bridgehead atoms. The number of carbonyl (C=O) groups excluding carboxylic acids is 1. The summed E-state index contributed by atoms with van der Waals surface area (Å²) < 4.78 is 37.3. The molecule has 86 valence electrons. The Hall–Kier alpha value is -1.14. The van der Waals surface area contributed by atoms with Gasteiger partial charge in [-0.25, -0.2) is 0 Å². The molecular formula is C8H10F3NO3. The van der Waals surface area contributed by atoms with Gasteiger partial charge in [0.2, 0.25) is 6.54 Å². The molecule has 0 N–H and O–H groups in total. The van der Waals surface area contributed by atoms with Crippen LogP contribution >= 0.6 is 0 Å². The average Bonchev–Trinajstić information content (AvgIpc) is 2.45. The fraction of sp³-hybridized carbons (Fsp3) is 0.875. The Bertz CT molecular complexity index is 277. The lowest BCUT2D eigenvalue weighted by atomic mass is 9.89. The van der Waals surface area contributed by atoms with Gasteiger partial charge < -0.3 is 0 Å². The summed E-state index contributed by atoms with van der Waals surface area (Å²) in [6.07, 6.45) is -4.06. The van der Waals surface area contributed by atoms with Crippen LogP contribution in [0.15, 0.2) is 0 Å². The zero-order valence-corrected chi connectivity index (χ0v) is 7.79. The normalized spacial score (nSPS) is 24.2. The first-order valence-corrected chi connectivity index (χ1v) is 4.53. The number of nitrogens with zero attached hydrogens (tertiary/aromatic N) is 1. The summed E-state index contributed by atoms with van der Waals surface area (Å²) in [5.74, 6) is -3.84. The fourth-order valence-electron chi connectivity index (χ4n) is 1.89. The van der Waals surface area contributed by atoms with Crippen molar-refractivity contribution in [3.05, 3.63) is 10.1 Å². The zero-order chi connectivity index (χ0) is 11.6. The van der Waals surface area contributed by atoms with Crippen LogP contribution in [-0.2, 0) is 4.79 Å². The van der Waals surface area contributed by atoms with Crippen LogP contribution in [0.1, 0.15) is 19.3 Å². The molecule has 4 nitrogen and oxygen atoms in total. The van der Waals surface area contributed by atoms with Crippen LogP contribution in [0.5, 0.6) is 0 Å². The number of nitro groups is 1. The van der Waals surface area contributed by atoms with Crippen molar-refractivity contribution in [2.24, 2.45) is 11.8 Å². The van der Waals surface area contributed by atoms with Gasteiger partial charge in [0.1, 0.15) is 11.7 Å². The maximum atomic E-state index is 12.4. The summed E-state index contributed by atoms with van der Waals surface area (Å²) in [5.41, 5.74) is 0. The molecule has 1 aliphatic carbocycles. The summed E-state index contributed by atoms with van der Waals surface area (Å²) in [5, 5.41) is 10.1. The van der Waals surface area contributed by atoms with E-state index in [9.17, 15) is 28.1 Å². The maximum absolute atomic E-state index is 12.4. The molecule has 1 saturated carbocycles. The molecule has 7 heteroatoms. The van der Waals surface area contributed by atoms with Crippen molar-refractivity contribution in [3.63, 3.8) is 0 Å². The molecule has 0 radical (unpaired) electrons. The van der Waals surface area contributed by atoms with Crippen LogP contribution in [0.2, 0.25) is 0 Å². The second-order valence-electron chi connectivity index (χ2n) is 3.63. The molecule has 0 unspecified atom stereocenters. The lowest BCUT2D eigenvalue weighted by Crippen LogP contribution is -2.37. The van der Waals surface area contributed by atoms with Crippen LogP contribution in [0, 0.1) is 22.0 Å². The Kier molecular flexibility index (Phi) is 3.31. The van der Waals surface area contributed by atoms with E-state index >= 15 is 0 Å². The monoisotopic (exact) mass is 225 g/mol. The first-order chi connectivity index (χ1) is 6.82. The zero-order valence-electron chi connectivity index (χ0n) is 7.79. The summed E-state index contributed by atoms with van der Waals surface area (Å²) in [4.78, 5) is 20.2. The minimum absolute atomic E-state index is 0.106. The maximum Gasteiger partial charge on any atom is 0.398 e. The first-order valence-electron chi connectivity index (χ1n) is 4.53. The Morgan fingerprint density at radius 1 is 1.53 bits per heavy atom. The first kappa shape index (κ1) is 11.9. The van der Waals surface area contributed by atoms with Crippen LogP contribution in [0.3, 0.4) is 0 Å². The Morgan fingerprint density at radius 3 is 2.47 bits per heavy atom. The SMILES string of the molecule is O=C1CCC[C@H]1[C@@H](C[N+](=O)[O-])C(F)(F)F. The molecule has 0 aliphatic heterocycles. The number of halogens is 3. The second kappa shape index (κ2) is 4.16. The van der Waals surface area contributed by atoms with Crippen molar-refractivity contribution < 1.29 is 22.9 Å². The summed E-state index contributed by atoms with van der Waals surface area (Å²) >= 11 is 0. The van der Waals surface area contributed by atoms with Gasteiger partial charge in [0.15, 0.2) is 0 Å². The van der Waals surface area contributed by atoms with E-state index in [1.54, 1.807) is 0 Å². The van der Waals surface area contributed by atoms with Crippen molar-refractivity contribution in [1.82, 2.24) is 0 Å². The number of Topliss-reactive ketones (excluding diaryl/α,β-unsaturated/α-hetero) is 1. The van der Waals surface area contributed by atoms with Crippen molar-refractivity contribution in [2.75, 3.05) is 6.54 Å². The average molecular weight is 225 g/mol. The van der Waals surface area contributed by atoms with Gasteiger partial charge in [0, 0.05) is 17.3 Å². The number of ketones is 1. The van der Waals surface area contributed by atoms with Crippen LogP contribution in [0.25, 0.3) is 0 Å². The van der Waals surface area contributed by atoms with Gasteiger partial charge in [-0.2, -0.15) is 13.2 Å². The van der Waals surface area contributed by atoms with Gasteiger partial charge in [-0.3, -0.25) is 14.9 Å². The van der Waals surface area contributed by atoms with Gasteiger partial charge in [-0.15, -0.1) is 0 Å². The van der Waals surface area contributed by atoms with E-state index < -0.39 is 35.3 Å². The number of rotatable bonds is 3. The van der Waals surface area contributed by atoms with Crippen LogP contribution in [0.4, 0.5) is 13.2 Å². The van der Waals surface area contributed by atoms with Crippen LogP contribution in [-0.4, -0.2) is 23.4 Å². The van der Waals surface area contributed by atoms with Crippen molar-refractivity contribution in [3.8, 4) is 0 Å². The molecule has 0 amide bonds. The van der Waals surface area contributed by atoms with Gasteiger partial charge in [0.25, 0.3) is 0 Å². The van der Waals surface area contributed by atoms with E-state index in [4.69, 9.17) is 0 Å². The molecule has 0 heterocycles. The highest BCUT2D eigenvalue weighted by atomic mass is 19.4. The fourth-order valence-corrected chi connectivity index (χ4v) is 1.89. The van der Waals surface area contributed by atoms with Gasteiger partial charge >= 0.3 is 6.18 Å². The summed E-state index contributed by atoms with van der Waals surface area (Å²) in [6, 6.07) is 0. The summed E-state index contributed by atoms with van der Waals surface area (Å²) in [6.45, 7) is -1.21. The largest absolute Gasteiger partial charge is 0.398 e. The molecule has 1 aliphatic rings. The van der Waals surface area contributed by atoms with Crippen LogP contribution < -0.4 is 0 Å². The Balaban J connectivity index is 2.80. The third-order valence-electron chi connectivity index (χ3n) is 2.60. The Morgan fingerprint density at radius 2 is 2.13 bits per heavy atom. The lowest BCUT2D eigenvalue weighted by molar-refractivity contribution is -0.499. The highest BCUT2D eigenvalue weighted by Gasteiger charge is 2.51. The summed E-state index contributed by atoms with van der Waals surface area (Å²) in [7, 11) is 0. The minimum atomic E-state index is -4.67. The molecule has 15 heavy (non-hydrogen) atoms. The standard InChI is InChI=1S/C8H10F3NO3/c9-8(10,11)6(4-12(14)15)5-2-1-3-7(5)13/h5-6H,1-4H2/t5-,6+/m0/s1. The Labute approximate surface area is 83.6 Å². The smallest absolute Gasteiger partial charge is 0.299 e. The number of carbonyl (C=O) groups is 1. The van der Waals surface area contributed by atoms with E-state index in [0.717, 1.165) is 0 Å². The molecular weight excluding hydrogens is 215 g/mol. The predicted molar refractivity (Wildman–Crippen MR) is 43.8 cm³/mol. The highest BCUT2D eigenvalue weighted by molar-refractivity contribution is 5.83. The van der Waals surface area contributed by atoms with E-state index in [1.807, 2.05) is 0 Å². The van der Waals surface area contributed by atoms with Crippen molar-refractivity contribution in [2.45, 2.75) is 25.4 Å². The predicted octanol–water partition coefficient (Wildman–Crippen LogP) is 1.81. The minimum Gasteiger partial charge on any atom is -0.299 e. The van der Waals surface area contributed by atoms with Crippen molar-refractivity contribution in [1.29, 1.82) is 0 Å². The lowest BCUT2D eigenvalue weighted by Gasteiger charge is -2.21. The number of hydrogen-bond donors (Lipinski definition) is 0. The number of hydrogen-bond acceptors (Lipinski definition) is 3. The molecule has 0 aromatic carbocycles. The van der Waals surface area contributed by atoms with E-state index in [0.29, 0.717) is 6.42 Å². The molecule has 2 atom stereocenters. The van der Waals surface area contributed by atoms with Gasteiger partial charge in [-0.05, 0) is 12.8 Å². The number of alkyl halides is 3. The topological polar surface area (TPSA) is 60.2 Å². The third kappa shape index (κ3) is 2.90. The van der Waals surface area contributed by atoms with Gasteiger partial charge in [0.05, 0.1) is 0 Å². The highest BCUT2D eigenvalue weighted by Crippen LogP contribution is 2.38. The van der Waals surface area contributed by atoms with Crippen molar-refractivity contribution >= 4 is 5.78 Å². The quantitative estimate of drug-likeness (QED) is 0.543. The molecule has 1 fully saturated rings. The molecule has 0 aromatic heterocycles. The molecule has 1 rings (SSSR count). The third-order valence-corrected chi connectivity index (χ3v) is 2.60. The van der Waals surface area contributed by atoms with E-state index in [2.05, 4.69) is 0 Å². The van der Waals surface area contributed by atoms with E-state index in [-0.39, 0.29) is 12.8 Å². The molecule has 0 aromatic rings. The second-order valence-corrected chi connectivity index (χ2v) is 3.63.